The number of halogens is 1. The minimum Gasteiger partial charge on any atom is -0.302 e. The molecular weight excluding hydrogens is 393 g/mol. The van der Waals surface area contributed by atoms with Gasteiger partial charge in [0.25, 0.3) is 0 Å². The van der Waals surface area contributed by atoms with E-state index >= 15 is 0 Å². The van der Waals surface area contributed by atoms with E-state index in [1.807, 2.05) is 0 Å². The summed E-state index contributed by atoms with van der Waals surface area (Å²) < 4.78 is 13.0. The normalized spacial score (nSPS) is 21.3. The number of likely N-dealkylation sites (tertiary alicyclic amines) is 1. The van der Waals surface area contributed by atoms with E-state index in [2.05, 4.69) is 10.3 Å². The maximum Gasteiger partial charge on any atom is 0.233 e. The van der Waals surface area contributed by atoms with E-state index in [0.717, 1.165) is 36.1 Å². The molecule has 0 bridgehead atoms. The molecule has 2 aromatic rings. The Bertz CT molecular complexity index is 904. The Morgan fingerprint density at radius 2 is 1.79 bits per heavy atom. The van der Waals surface area contributed by atoms with Crippen LogP contribution in [0.5, 0.6) is 0 Å². The Hall–Kier alpha value is -2.61. The summed E-state index contributed by atoms with van der Waals surface area (Å²) in [5.74, 6) is -1.17. The largest absolute Gasteiger partial charge is 0.302 e. The van der Waals surface area contributed by atoms with E-state index in [0.29, 0.717) is 11.6 Å². The zero-order valence-corrected chi connectivity index (χ0v) is 16.7. The number of nitrogens with one attached hydrogen (secondary N) is 1. The van der Waals surface area contributed by atoms with Crippen LogP contribution in [0, 0.1) is 17.7 Å². The number of benzene rings is 1. The number of aromatic nitrogens is 1. The molecule has 152 valence electrons. The van der Waals surface area contributed by atoms with Gasteiger partial charge in [0, 0.05) is 30.5 Å². The molecule has 1 aromatic carbocycles. The Balaban J connectivity index is 1.29. The number of carbonyl (C=O) groups is 3. The van der Waals surface area contributed by atoms with Gasteiger partial charge >= 0.3 is 0 Å². The highest BCUT2D eigenvalue weighted by Crippen LogP contribution is 2.38. The van der Waals surface area contributed by atoms with Gasteiger partial charge in [-0.1, -0.05) is 25.0 Å². The number of thiazole rings is 1. The van der Waals surface area contributed by atoms with Crippen molar-refractivity contribution in [3.05, 3.63) is 46.7 Å². The first kappa shape index (κ1) is 19.7. The second-order valence-corrected chi connectivity index (χ2v) is 8.67. The molecule has 2 fully saturated rings. The number of fused-ring (bicyclic) bond motifs is 1. The fraction of sp³-hybridized carbons (Fsp3) is 0.429. The van der Waals surface area contributed by atoms with Gasteiger partial charge in [0.2, 0.25) is 17.7 Å². The smallest absolute Gasteiger partial charge is 0.233 e. The minimum absolute atomic E-state index is 0.0593. The van der Waals surface area contributed by atoms with Crippen LogP contribution in [0.1, 0.15) is 42.5 Å². The molecule has 4 rings (SSSR count). The summed E-state index contributed by atoms with van der Waals surface area (Å²) in [6, 6.07) is 6.26. The SMILES string of the molecule is O=C(CCN1C(=O)[C@H]2CCCC[C@@H]2C1=O)Nc1ncc(Cc2ccc(F)cc2)s1. The lowest BCUT2D eigenvalue weighted by Crippen LogP contribution is -2.34. The average molecular weight is 415 g/mol. The van der Waals surface area contributed by atoms with Crippen LogP contribution in [-0.2, 0) is 20.8 Å². The van der Waals surface area contributed by atoms with E-state index in [-0.39, 0.29) is 48.3 Å². The molecule has 8 heteroatoms. The lowest BCUT2D eigenvalue weighted by atomic mass is 9.81. The summed E-state index contributed by atoms with van der Waals surface area (Å²) in [6.07, 6.45) is 5.86. The van der Waals surface area contributed by atoms with Gasteiger partial charge in [-0.25, -0.2) is 9.37 Å². The first-order valence-corrected chi connectivity index (χ1v) is 10.7. The molecule has 0 spiro atoms. The quantitative estimate of drug-likeness (QED) is 0.734. The number of hydrogen-bond acceptors (Lipinski definition) is 5. The standard InChI is InChI=1S/C21H22FN3O3S/c22-14-7-5-13(6-8-14)11-15-12-23-21(29-15)24-18(26)9-10-25-19(27)16-3-1-2-4-17(16)20(25)28/h5-8,12,16-17H,1-4,9-11H2,(H,23,24,26)/t16-,17-/m0/s1. The molecule has 0 radical (unpaired) electrons. The van der Waals surface area contributed by atoms with Gasteiger partial charge in [0.1, 0.15) is 5.82 Å². The van der Waals surface area contributed by atoms with Gasteiger partial charge in [0.05, 0.1) is 11.8 Å². The average Bonchev–Trinajstić information content (AvgIpc) is 3.25. The van der Waals surface area contributed by atoms with Crippen LogP contribution >= 0.6 is 11.3 Å². The summed E-state index contributed by atoms with van der Waals surface area (Å²) in [6.45, 7) is 0.115. The molecule has 1 aliphatic heterocycles. The molecule has 29 heavy (non-hydrogen) atoms. The molecule has 2 atom stereocenters. The van der Waals surface area contributed by atoms with Crippen molar-refractivity contribution in [3.8, 4) is 0 Å². The topological polar surface area (TPSA) is 79.4 Å². The first-order chi connectivity index (χ1) is 14.0. The van der Waals surface area contributed by atoms with E-state index in [1.165, 1.54) is 28.4 Å². The van der Waals surface area contributed by atoms with Gasteiger partial charge < -0.3 is 5.32 Å². The second kappa shape index (κ2) is 8.41. The second-order valence-electron chi connectivity index (χ2n) is 7.56. The Kier molecular flexibility index (Phi) is 5.71. The van der Waals surface area contributed by atoms with Crippen LogP contribution in [0.3, 0.4) is 0 Å². The fourth-order valence-electron chi connectivity index (χ4n) is 4.10. The number of imide groups is 1. The Labute approximate surface area is 172 Å². The molecule has 3 amide bonds. The maximum absolute atomic E-state index is 13.0. The van der Waals surface area contributed by atoms with Crippen LogP contribution < -0.4 is 5.32 Å². The highest BCUT2D eigenvalue weighted by molar-refractivity contribution is 7.15. The lowest BCUT2D eigenvalue weighted by molar-refractivity contribution is -0.140. The highest BCUT2D eigenvalue weighted by atomic mass is 32.1. The van der Waals surface area contributed by atoms with Crippen molar-refractivity contribution >= 4 is 34.2 Å². The highest BCUT2D eigenvalue weighted by Gasteiger charge is 2.47. The lowest BCUT2D eigenvalue weighted by Gasteiger charge is -2.19. The number of anilines is 1. The third-order valence-electron chi connectivity index (χ3n) is 5.59. The van der Waals surface area contributed by atoms with Gasteiger partial charge in [-0.2, -0.15) is 0 Å². The molecule has 1 aromatic heterocycles. The summed E-state index contributed by atoms with van der Waals surface area (Å²) in [5.41, 5.74) is 0.959. The molecule has 1 N–H and O–H groups in total. The van der Waals surface area contributed by atoms with Crippen LogP contribution in [0.25, 0.3) is 0 Å². The summed E-state index contributed by atoms with van der Waals surface area (Å²) in [5, 5.41) is 3.20. The van der Waals surface area contributed by atoms with Crippen molar-refractivity contribution < 1.29 is 18.8 Å². The first-order valence-electron chi connectivity index (χ1n) is 9.85. The van der Waals surface area contributed by atoms with Crippen LogP contribution in [0.2, 0.25) is 0 Å². The van der Waals surface area contributed by atoms with E-state index in [9.17, 15) is 18.8 Å². The zero-order valence-electron chi connectivity index (χ0n) is 15.9. The van der Waals surface area contributed by atoms with Crippen molar-refractivity contribution in [2.45, 2.75) is 38.5 Å². The number of amides is 3. The van der Waals surface area contributed by atoms with Gasteiger partial charge in [0.15, 0.2) is 5.13 Å². The summed E-state index contributed by atoms with van der Waals surface area (Å²) in [7, 11) is 0. The zero-order chi connectivity index (χ0) is 20.4. The van der Waals surface area contributed by atoms with Gasteiger partial charge in [-0.3, -0.25) is 19.3 Å². The number of hydrogen-bond donors (Lipinski definition) is 1. The fourth-order valence-corrected chi connectivity index (χ4v) is 4.96. The predicted octanol–water partition coefficient (Wildman–Crippen LogP) is 3.38. The molecule has 2 aliphatic rings. The Morgan fingerprint density at radius 3 is 2.45 bits per heavy atom. The van der Waals surface area contributed by atoms with Crippen LogP contribution in [0.15, 0.2) is 30.5 Å². The number of carbonyl (C=O) groups excluding carboxylic acids is 3. The molecule has 1 saturated carbocycles. The van der Waals surface area contributed by atoms with Crippen molar-refractivity contribution in [1.29, 1.82) is 0 Å². The van der Waals surface area contributed by atoms with Crippen LogP contribution in [0.4, 0.5) is 9.52 Å². The van der Waals surface area contributed by atoms with Crippen molar-refractivity contribution in [3.63, 3.8) is 0 Å². The molecule has 6 nitrogen and oxygen atoms in total. The van der Waals surface area contributed by atoms with Crippen molar-refractivity contribution in [2.75, 3.05) is 11.9 Å². The molecule has 1 saturated heterocycles. The third-order valence-corrected chi connectivity index (χ3v) is 6.50. The minimum atomic E-state index is -0.278. The van der Waals surface area contributed by atoms with E-state index in [4.69, 9.17) is 0 Å². The van der Waals surface area contributed by atoms with E-state index < -0.39 is 0 Å². The number of nitrogens with zero attached hydrogens (tertiary/aromatic N) is 2. The number of rotatable bonds is 6. The molecule has 2 heterocycles. The van der Waals surface area contributed by atoms with Gasteiger partial charge in [-0.05, 0) is 30.5 Å². The summed E-state index contributed by atoms with van der Waals surface area (Å²) in [4.78, 5) is 43.6. The van der Waals surface area contributed by atoms with Crippen molar-refractivity contribution in [1.82, 2.24) is 9.88 Å². The Morgan fingerprint density at radius 1 is 1.14 bits per heavy atom. The van der Waals surface area contributed by atoms with E-state index in [1.54, 1.807) is 18.3 Å². The molecule has 0 unspecified atom stereocenters. The maximum atomic E-state index is 13.0. The third kappa shape index (κ3) is 4.37. The molecular formula is C21H22FN3O3S. The monoisotopic (exact) mass is 415 g/mol. The summed E-state index contributed by atoms with van der Waals surface area (Å²) >= 11 is 1.35. The van der Waals surface area contributed by atoms with Crippen LogP contribution in [-0.4, -0.2) is 34.2 Å². The van der Waals surface area contributed by atoms with Gasteiger partial charge in [-0.15, -0.1) is 11.3 Å². The van der Waals surface area contributed by atoms with Crippen molar-refractivity contribution in [2.24, 2.45) is 11.8 Å². The predicted molar refractivity (Wildman–Crippen MR) is 107 cm³/mol. The molecule has 1 aliphatic carbocycles.